The molecule has 1 fully saturated rings. The van der Waals surface area contributed by atoms with Crippen LogP contribution >= 0.6 is 0 Å². The lowest BCUT2D eigenvalue weighted by Crippen LogP contribution is -2.32. The Morgan fingerprint density at radius 3 is 2.33 bits per heavy atom. The van der Waals surface area contributed by atoms with Gasteiger partial charge in [0.05, 0.1) is 5.92 Å². The monoisotopic (exact) mass is 301 g/mol. The van der Waals surface area contributed by atoms with E-state index in [2.05, 4.69) is 10.6 Å². The molecule has 4 N–H and O–H groups in total. The van der Waals surface area contributed by atoms with Gasteiger partial charge >= 0.3 is 12.2 Å². The molecule has 1 saturated carbocycles. The van der Waals surface area contributed by atoms with Crippen LogP contribution in [0.1, 0.15) is 25.7 Å². The van der Waals surface area contributed by atoms with Gasteiger partial charge in [-0.05, 0) is 43.9 Å². The fourth-order valence-electron chi connectivity index (χ4n) is 2.63. The van der Waals surface area contributed by atoms with Gasteiger partial charge in [-0.2, -0.15) is 13.2 Å². The molecule has 2 rings (SSSR count). The quantitative estimate of drug-likeness (QED) is 0.796. The van der Waals surface area contributed by atoms with Crippen molar-refractivity contribution in [1.29, 1.82) is 0 Å². The van der Waals surface area contributed by atoms with E-state index in [0.29, 0.717) is 18.5 Å². The van der Waals surface area contributed by atoms with Crippen molar-refractivity contribution < 1.29 is 18.0 Å². The highest BCUT2D eigenvalue weighted by molar-refractivity contribution is 5.88. The summed E-state index contributed by atoms with van der Waals surface area (Å²) in [4.78, 5) is 10.8. The fraction of sp³-hybridized carbons (Fsp3) is 0.500. The number of hydrogen-bond donors (Lipinski definition) is 3. The predicted molar refractivity (Wildman–Crippen MR) is 75.1 cm³/mol. The molecule has 0 atom stereocenters. The molecule has 0 bridgehead atoms. The van der Waals surface area contributed by atoms with Gasteiger partial charge in [0.25, 0.3) is 0 Å². The largest absolute Gasteiger partial charge is 0.391 e. The van der Waals surface area contributed by atoms with Crippen LogP contribution in [0.3, 0.4) is 0 Å². The number of halogens is 3. The number of urea groups is 1. The van der Waals surface area contributed by atoms with Crippen LogP contribution in [0.2, 0.25) is 0 Å². The summed E-state index contributed by atoms with van der Waals surface area (Å²) in [5.74, 6) is -1.18. The van der Waals surface area contributed by atoms with Crippen LogP contribution < -0.4 is 16.4 Å². The Kier molecular flexibility index (Phi) is 4.59. The second-order valence-corrected chi connectivity index (χ2v) is 5.30. The summed E-state index contributed by atoms with van der Waals surface area (Å²) in [6.45, 7) is 0. The van der Waals surface area contributed by atoms with Crippen LogP contribution in [0.4, 0.5) is 29.3 Å². The van der Waals surface area contributed by atoms with Crippen LogP contribution in [0.5, 0.6) is 0 Å². The number of nitrogens with one attached hydrogen (secondary N) is 2. The number of hydrogen-bond acceptors (Lipinski definition) is 2. The Balaban J connectivity index is 1.90. The summed E-state index contributed by atoms with van der Waals surface area (Å²) in [6.07, 6.45) is -2.81. The maximum Gasteiger partial charge on any atom is 0.391 e. The molecule has 7 heteroatoms. The molecule has 21 heavy (non-hydrogen) atoms. The SMILES string of the molecule is NC(=O)Nc1cccc(NC2CCC(C(F)(F)F)CC2)c1. The van der Waals surface area contributed by atoms with Crippen LogP contribution in [0.15, 0.2) is 24.3 Å². The van der Waals surface area contributed by atoms with Crippen molar-refractivity contribution in [3.05, 3.63) is 24.3 Å². The fourth-order valence-corrected chi connectivity index (χ4v) is 2.63. The average Bonchev–Trinajstić information content (AvgIpc) is 2.38. The molecule has 0 aliphatic heterocycles. The van der Waals surface area contributed by atoms with E-state index >= 15 is 0 Å². The lowest BCUT2D eigenvalue weighted by atomic mass is 9.85. The normalized spacial score (nSPS) is 22.6. The van der Waals surface area contributed by atoms with Crippen LogP contribution in [0.25, 0.3) is 0 Å². The second kappa shape index (κ2) is 6.24. The highest BCUT2D eigenvalue weighted by Crippen LogP contribution is 2.38. The zero-order valence-electron chi connectivity index (χ0n) is 11.4. The first-order valence-corrected chi connectivity index (χ1v) is 6.84. The topological polar surface area (TPSA) is 67.2 Å². The summed E-state index contributed by atoms with van der Waals surface area (Å²) in [5, 5.41) is 5.67. The van der Waals surface area contributed by atoms with E-state index in [9.17, 15) is 18.0 Å². The smallest absolute Gasteiger partial charge is 0.382 e. The van der Waals surface area contributed by atoms with Crippen molar-refractivity contribution in [1.82, 2.24) is 0 Å². The van der Waals surface area contributed by atoms with E-state index in [1.165, 1.54) is 0 Å². The molecule has 116 valence electrons. The standard InChI is InChI=1S/C14H18F3N3O/c15-14(16,17)9-4-6-10(7-5-9)19-11-2-1-3-12(8-11)20-13(18)21/h1-3,8-10,19H,4-7H2,(H3,18,20,21). The lowest BCUT2D eigenvalue weighted by molar-refractivity contribution is -0.182. The van der Waals surface area contributed by atoms with Gasteiger partial charge in [0.2, 0.25) is 0 Å². The highest BCUT2D eigenvalue weighted by atomic mass is 19.4. The summed E-state index contributed by atoms with van der Waals surface area (Å²) in [6, 6.07) is 6.32. The first-order chi connectivity index (χ1) is 9.84. The van der Waals surface area contributed by atoms with Gasteiger partial charge in [-0.25, -0.2) is 4.79 Å². The number of nitrogens with two attached hydrogens (primary N) is 1. The third-order valence-corrected chi connectivity index (χ3v) is 3.69. The van der Waals surface area contributed by atoms with Gasteiger partial charge in [-0.1, -0.05) is 6.07 Å². The zero-order chi connectivity index (χ0) is 15.5. The van der Waals surface area contributed by atoms with Crippen molar-refractivity contribution in [2.75, 3.05) is 10.6 Å². The molecule has 1 aromatic carbocycles. The zero-order valence-corrected chi connectivity index (χ0v) is 11.4. The number of alkyl halides is 3. The Bertz CT molecular complexity index is 496. The first kappa shape index (κ1) is 15.5. The van der Waals surface area contributed by atoms with E-state index in [0.717, 1.165) is 5.69 Å². The van der Waals surface area contributed by atoms with E-state index in [-0.39, 0.29) is 18.9 Å². The van der Waals surface area contributed by atoms with Gasteiger partial charge in [0.15, 0.2) is 0 Å². The van der Waals surface area contributed by atoms with Gasteiger partial charge in [0, 0.05) is 17.4 Å². The maximum absolute atomic E-state index is 12.6. The Morgan fingerprint density at radius 1 is 1.14 bits per heavy atom. The summed E-state index contributed by atoms with van der Waals surface area (Å²) >= 11 is 0. The molecular weight excluding hydrogens is 283 g/mol. The first-order valence-electron chi connectivity index (χ1n) is 6.84. The Labute approximate surface area is 120 Å². The molecule has 0 saturated heterocycles. The number of carbonyl (C=O) groups excluding carboxylic acids is 1. The number of rotatable bonds is 3. The molecule has 0 heterocycles. The molecule has 1 aromatic rings. The third-order valence-electron chi connectivity index (χ3n) is 3.69. The molecule has 4 nitrogen and oxygen atoms in total. The summed E-state index contributed by atoms with van der Waals surface area (Å²) in [7, 11) is 0. The average molecular weight is 301 g/mol. The maximum atomic E-state index is 12.6. The van der Waals surface area contributed by atoms with E-state index in [1.807, 2.05) is 6.07 Å². The van der Waals surface area contributed by atoms with Crippen LogP contribution in [0, 0.1) is 5.92 Å². The molecular formula is C14H18F3N3O. The number of anilines is 2. The molecule has 2 amide bonds. The van der Waals surface area contributed by atoms with Crippen molar-refractivity contribution in [3.63, 3.8) is 0 Å². The molecule has 0 unspecified atom stereocenters. The van der Waals surface area contributed by atoms with Gasteiger partial charge < -0.3 is 16.4 Å². The third kappa shape index (κ3) is 4.54. The number of amides is 2. The molecule has 0 spiro atoms. The molecule has 1 aliphatic rings. The number of primary amides is 1. The van der Waals surface area contributed by atoms with Gasteiger partial charge in [0.1, 0.15) is 0 Å². The number of benzene rings is 1. The van der Waals surface area contributed by atoms with Crippen molar-refractivity contribution in [2.45, 2.75) is 37.9 Å². The van der Waals surface area contributed by atoms with E-state index < -0.39 is 18.1 Å². The second-order valence-electron chi connectivity index (χ2n) is 5.30. The lowest BCUT2D eigenvalue weighted by Gasteiger charge is -2.30. The molecule has 1 aliphatic carbocycles. The van der Waals surface area contributed by atoms with Crippen LogP contribution in [-0.4, -0.2) is 18.2 Å². The van der Waals surface area contributed by atoms with E-state index in [1.54, 1.807) is 18.2 Å². The minimum atomic E-state index is -4.09. The highest BCUT2D eigenvalue weighted by Gasteiger charge is 2.41. The number of carbonyl (C=O) groups is 1. The van der Waals surface area contributed by atoms with Crippen molar-refractivity contribution in [3.8, 4) is 0 Å². The van der Waals surface area contributed by atoms with Gasteiger partial charge in [-0.3, -0.25) is 0 Å². The summed E-state index contributed by atoms with van der Waals surface area (Å²) < 4.78 is 37.8. The minimum Gasteiger partial charge on any atom is -0.382 e. The predicted octanol–water partition coefficient (Wildman–Crippen LogP) is 3.71. The van der Waals surface area contributed by atoms with E-state index in [4.69, 9.17) is 5.73 Å². The summed E-state index contributed by atoms with van der Waals surface area (Å²) in [5.41, 5.74) is 6.35. The molecule has 0 radical (unpaired) electrons. The van der Waals surface area contributed by atoms with Crippen molar-refractivity contribution in [2.24, 2.45) is 11.7 Å². The Hall–Kier alpha value is -1.92. The Morgan fingerprint density at radius 2 is 1.76 bits per heavy atom. The molecule has 0 aromatic heterocycles. The van der Waals surface area contributed by atoms with Gasteiger partial charge in [-0.15, -0.1) is 0 Å². The minimum absolute atomic E-state index is 0.0208. The van der Waals surface area contributed by atoms with Crippen LogP contribution in [-0.2, 0) is 0 Å². The van der Waals surface area contributed by atoms with Crippen molar-refractivity contribution >= 4 is 17.4 Å².